The standard InChI is InChI=1S/C11H11N3O3/c1-12-11(15)17-7-5-9-8(13-6-7)3-4-10(14-9)16-2/h3-6H,1-2H3,(H,12,15). The average molecular weight is 233 g/mol. The van der Waals surface area contributed by atoms with Gasteiger partial charge in [-0.3, -0.25) is 4.98 Å². The van der Waals surface area contributed by atoms with Crippen molar-refractivity contribution in [1.29, 1.82) is 0 Å². The normalized spacial score (nSPS) is 10.0. The second-order valence-electron chi connectivity index (χ2n) is 3.20. The lowest BCUT2D eigenvalue weighted by Crippen LogP contribution is -2.22. The van der Waals surface area contributed by atoms with Gasteiger partial charge in [-0.05, 0) is 6.07 Å². The van der Waals surface area contributed by atoms with Gasteiger partial charge in [-0.2, -0.15) is 0 Å². The summed E-state index contributed by atoms with van der Waals surface area (Å²) in [7, 11) is 3.02. The van der Waals surface area contributed by atoms with Crippen LogP contribution in [-0.2, 0) is 0 Å². The number of amides is 1. The molecule has 0 atom stereocenters. The molecule has 1 N–H and O–H groups in total. The summed E-state index contributed by atoms with van der Waals surface area (Å²) in [5, 5.41) is 2.35. The van der Waals surface area contributed by atoms with Crippen molar-refractivity contribution in [3.63, 3.8) is 0 Å². The number of aromatic nitrogens is 2. The van der Waals surface area contributed by atoms with Gasteiger partial charge in [-0.15, -0.1) is 0 Å². The molecule has 0 spiro atoms. The third-order valence-electron chi connectivity index (χ3n) is 2.11. The zero-order chi connectivity index (χ0) is 12.3. The number of fused-ring (bicyclic) bond motifs is 1. The number of rotatable bonds is 2. The lowest BCUT2D eigenvalue weighted by molar-refractivity contribution is 0.203. The molecule has 6 nitrogen and oxygen atoms in total. The van der Waals surface area contributed by atoms with Crippen molar-refractivity contribution in [3.8, 4) is 11.6 Å². The third kappa shape index (κ3) is 2.41. The topological polar surface area (TPSA) is 73.3 Å². The van der Waals surface area contributed by atoms with Crippen molar-refractivity contribution in [2.75, 3.05) is 14.2 Å². The van der Waals surface area contributed by atoms with Gasteiger partial charge < -0.3 is 14.8 Å². The summed E-state index contributed by atoms with van der Waals surface area (Å²) in [4.78, 5) is 19.3. The highest BCUT2D eigenvalue weighted by Gasteiger charge is 2.05. The fourth-order valence-corrected chi connectivity index (χ4v) is 1.30. The van der Waals surface area contributed by atoms with Crippen LogP contribution in [0.25, 0.3) is 11.0 Å². The Morgan fingerprint density at radius 3 is 2.88 bits per heavy atom. The first-order chi connectivity index (χ1) is 8.22. The lowest BCUT2D eigenvalue weighted by Gasteiger charge is -2.04. The monoisotopic (exact) mass is 233 g/mol. The van der Waals surface area contributed by atoms with Gasteiger partial charge in [0.15, 0.2) is 5.75 Å². The van der Waals surface area contributed by atoms with E-state index in [-0.39, 0.29) is 0 Å². The summed E-state index contributed by atoms with van der Waals surface area (Å²) in [6, 6.07) is 5.12. The minimum atomic E-state index is -0.547. The Balaban J connectivity index is 2.37. The smallest absolute Gasteiger partial charge is 0.412 e. The van der Waals surface area contributed by atoms with Gasteiger partial charge in [0, 0.05) is 19.2 Å². The van der Waals surface area contributed by atoms with Crippen LogP contribution in [0.3, 0.4) is 0 Å². The molecule has 17 heavy (non-hydrogen) atoms. The van der Waals surface area contributed by atoms with Gasteiger partial charge in [0.05, 0.1) is 24.3 Å². The summed E-state index contributed by atoms with van der Waals surface area (Å²) in [6.45, 7) is 0. The molecule has 0 aliphatic rings. The number of carbonyl (C=O) groups is 1. The molecule has 0 radical (unpaired) electrons. The quantitative estimate of drug-likeness (QED) is 0.847. The summed E-state index contributed by atoms with van der Waals surface area (Å²) >= 11 is 0. The molecular weight excluding hydrogens is 222 g/mol. The van der Waals surface area contributed by atoms with E-state index in [0.29, 0.717) is 22.7 Å². The molecule has 6 heteroatoms. The molecule has 0 aromatic carbocycles. The fourth-order valence-electron chi connectivity index (χ4n) is 1.30. The molecule has 2 aromatic heterocycles. The molecule has 2 rings (SSSR count). The van der Waals surface area contributed by atoms with Gasteiger partial charge in [0.25, 0.3) is 0 Å². The van der Waals surface area contributed by atoms with Crippen LogP contribution in [0.2, 0.25) is 0 Å². The van der Waals surface area contributed by atoms with E-state index in [2.05, 4.69) is 15.3 Å². The van der Waals surface area contributed by atoms with Crippen LogP contribution in [0.1, 0.15) is 0 Å². The van der Waals surface area contributed by atoms with Crippen LogP contribution >= 0.6 is 0 Å². The van der Waals surface area contributed by atoms with E-state index in [9.17, 15) is 4.79 Å². The molecule has 0 aliphatic carbocycles. The van der Waals surface area contributed by atoms with E-state index < -0.39 is 6.09 Å². The second kappa shape index (κ2) is 4.65. The zero-order valence-electron chi connectivity index (χ0n) is 9.43. The van der Waals surface area contributed by atoms with Crippen LogP contribution < -0.4 is 14.8 Å². The number of nitrogens with one attached hydrogen (secondary N) is 1. The Bertz CT molecular complexity index is 557. The minimum Gasteiger partial charge on any atom is -0.481 e. The van der Waals surface area contributed by atoms with E-state index >= 15 is 0 Å². The molecule has 2 heterocycles. The predicted molar refractivity (Wildman–Crippen MR) is 61.2 cm³/mol. The molecule has 0 saturated heterocycles. The first kappa shape index (κ1) is 11.1. The molecule has 0 saturated carbocycles. The largest absolute Gasteiger partial charge is 0.481 e. The Hall–Kier alpha value is -2.37. The highest BCUT2D eigenvalue weighted by molar-refractivity contribution is 5.77. The summed E-state index contributed by atoms with van der Waals surface area (Å²) in [5.41, 5.74) is 1.31. The Morgan fingerprint density at radius 2 is 2.18 bits per heavy atom. The van der Waals surface area contributed by atoms with Crippen LogP contribution in [0.4, 0.5) is 4.79 Å². The fraction of sp³-hybridized carbons (Fsp3) is 0.182. The molecule has 0 unspecified atom stereocenters. The van der Waals surface area contributed by atoms with Crippen molar-refractivity contribution in [2.45, 2.75) is 0 Å². The maximum absolute atomic E-state index is 11.0. The molecule has 88 valence electrons. The second-order valence-corrected chi connectivity index (χ2v) is 3.20. The zero-order valence-corrected chi connectivity index (χ0v) is 9.43. The Kier molecular flexibility index (Phi) is 3.04. The Labute approximate surface area is 97.6 Å². The summed E-state index contributed by atoms with van der Waals surface area (Å²) in [6.07, 6.45) is 0.917. The van der Waals surface area contributed by atoms with E-state index in [1.54, 1.807) is 18.2 Å². The molecule has 0 bridgehead atoms. The van der Waals surface area contributed by atoms with Crippen LogP contribution in [0, 0.1) is 0 Å². The van der Waals surface area contributed by atoms with Gasteiger partial charge in [-0.1, -0.05) is 0 Å². The number of pyridine rings is 2. The summed E-state index contributed by atoms with van der Waals surface area (Å²) in [5.74, 6) is 0.814. The van der Waals surface area contributed by atoms with E-state index in [1.165, 1.54) is 20.4 Å². The first-order valence-electron chi connectivity index (χ1n) is 4.93. The van der Waals surface area contributed by atoms with E-state index in [0.717, 1.165) is 0 Å². The van der Waals surface area contributed by atoms with Crippen LogP contribution in [-0.4, -0.2) is 30.2 Å². The van der Waals surface area contributed by atoms with Gasteiger partial charge >= 0.3 is 6.09 Å². The number of methoxy groups -OCH3 is 1. The van der Waals surface area contributed by atoms with Crippen molar-refractivity contribution in [2.24, 2.45) is 0 Å². The van der Waals surface area contributed by atoms with Crippen LogP contribution in [0.5, 0.6) is 11.6 Å². The molecule has 2 aromatic rings. The van der Waals surface area contributed by atoms with Gasteiger partial charge in [-0.25, -0.2) is 9.78 Å². The minimum absolute atomic E-state index is 0.331. The molecular formula is C11H11N3O3. The maximum atomic E-state index is 11.0. The average Bonchev–Trinajstić information content (AvgIpc) is 2.37. The molecule has 0 aliphatic heterocycles. The SMILES string of the molecule is CNC(=O)Oc1cnc2ccc(OC)nc2c1. The van der Waals surface area contributed by atoms with Gasteiger partial charge in [0.2, 0.25) is 5.88 Å². The highest BCUT2D eigenvalue weighted by Crippen LogP contribution is 2.19. The number of nitrogens with zero attached hydrogens (tertiary/aromatic N) is 2. The van der Waals surface area contributed by atoms with Crippen molar-refractivity contribution in [3.05, 3.63) is 24.4 Å². The van der Waals surface area contributed by atoms with E-state index in [4.69, 9.17) is 9.47 Å². The summed E-state index contributed by atoms with van der Waals surface area (Å²) < 4.78 is 9.96. The molecule has 0 fully saturated rings. The van der Waals surface area contributed by atoms with Crippen molar-refractivity contribution >= 4 is 17.1 Å². The maximum Gasteiger partial charge on any atom is 0.412 e. The number of hydrogen-bond acceptors (Lipinski definition) is 5. The van der Waals surface area contributed by atoms with E-state index in [1.807, 2.05) is 0 Å². The molecule has 1 amide bonds. The predicted octanol–water partition coefficient (Wildman–Crippen LogP) is 1.36. The number of ether oxygens (including phenoxy) is 2. The number of hydrogen-bond donors (Lipinski definition) is 1. The lowest BCUT2D eigenvalue weighted by atomic mass is 10.3. The third-order valence-corrected chi connectivity index (χ3v) is 2.11. The van der Waals surface area contributed by atoms with Crippen molar-refractivity contribution in [1.82, 2.24) is 15.3 Å². The van der Waals surface area contributed by atoms with Crippen molar-refractivity contribution < 1.29 is 14.3 Å². The number of carbonyl (C=O) groups excluding carboxylic acids is 1. The first-order valence-corrected chi connectivity index (χ1v) is 4.93. The van der Waals surface area contributed by atoms with Gasteiger partial charge in [0.1, 0.15) is 0 Å². The highest BCUT2D eigenvalue weighted by atomic mass is 16.6. The Morgan fingerprint density at radius 1 is 1.35 bits per heavy atom. The van der Waals surface area contributed by atoms with Crippen LogP contribution in [0.15, 0.2) is 24.4 Å².